The second-order valence-electron chi connectivity index (χ2n) is 9.45. The first-order valence-electron chi connectivity index (χ1n) is 12.0. The number of hydrogen-bond acceptors (Lipinski definition) is 8. The summed E-state index contributed by atoms with van der Waals surface area (Å²) in [5, 5.41) is 15.6. The van der Waals surface area contributed by atoms with Crippen molar-refractivity contribution < 1.29 is 17.9 Å². The minimum Gasteiger partial charge on any atom is -0.374 e. The zero-order valence-corrected chi connectivity index (χ0v) is 22.5. The van der Waals surface area contributed by atoms with Gasteiger partial charge < -0.3 is 15.8 Å². The van der Waals surface area contributed by atoms with Crippen LogP contribution < -0.4 is 15.4 Å². The van der Waals surface area contributed by atoms with Gasteiger partial charge in [-0.3, -0.25) is 9.10 Å². The summed E-state index contributed by atoms with van der Waals surface area (Å²) in [7, 11) is -1.83. The number of hydrogen-bond donors (Lipinski definition) is 2. The quantitative estimate of drug-likeness (QED) is 0.341. The minimum atomic E-state index is -3.37. The number of nitrogens with two attached hydrogens (primary N) is 1. The molecule has 3 rings (SSSR count). The van der Waals surface area contributed by atoms with Crippen LogP contribution in [-0.4, -0.2) is 60.0 Å². The molecule has 37 heavy (non-hydrogen) atoms. The van der Waals surface area contributed by atoms with Crippen LogP contribution >= 0.6 is 0 Å². The third-order valence-corrected chi connectivity index (χ3v) is 6.89. The van der Waals surface area contributed by atoms with Crippen LogP contribution in [0.3, 0.4) is 0 Å². The summed E-state index contributed by atoms with van der Waals surface area (Å²) in [6.07, 6.45) is 2.45. The van der Waals surface area contributed by atoms with Gasteiger partial charge in [-0.1, -0.05) is 48.5 Å². The molecule has 0 fully saturated rings. The van der Waals surface area contributed by atoms with E-state index in [2.05, 4.69) is 20.7 Å². The van der Waals surface area contributed by atoms with Crippen LogP contribution in [0.2, 0.25) is 0 Å². The standard InChI is InChI=1S/C25H35N7O4S/c1-25(2,26)24(33)27-21(18-36-17-19-11-6-5-7-12-19)23-28-30-32(29-23)16-10-14-20-13-8-9-15-22(20)31(3)37(4,34)35/h5-9,11-13,15,21H,10,14,16-18,26H2,1-4H3,(H,27,33). The number of ether oxygens (including phenoxy) is 1. The van der Waals surface area contributed by atoms with E-state index in [0.29, 0.717) is 37.5 Å². The Morgan fingerprint density at radius 1 is 1.16 bits per heavy atom. The first-order chi connectivity index (χ1) is 17.4. The molecular weight excluding hydrogens is 494 g/mol. The van der Waals surface area contributed by atoms with Gasteiger partial charge >= 0.3 is 0 Å². The second kappa shape index (κ2) is 12.3. The number of anilines is 1. The van der Waals surface area contributed by atoms with E-state index in [-0.39, 0.29) is 12.5 Å². The maximum atomic E-state index is 12.6. The van der Waals surface area contributed by atoms with Crippen molar-refractivity contribution in [1.82, 2.24) is 25.5 Å². The zero-order valence-electron chi connectivity index (χ0n) is 21.7. The lowest BCUT2D eigenvalue weighted by Crippen LogP contribution is -2.50. The van der Waals surface area contributed by atoms with Gasteiger partial charge in [-0.25, -0.2) is 8.42 Å². The van der Waals surface area contributed by atoms with Crippen LogP contribution in [0.4, 0.5) is 5.69 Å². The zero-order chi connectivity index (χ0) is 27.1. The lowest BCUT2D eigenvalue weighted by atomic mass is 10.1. The molecule has 1 atom stereocenters. The fourth-order valence-corrected chi connectivity index (χ4v) is 4.04. The lowest BCUT2D eigenvalue weighted by Gasteiger charge is -2.22. The Morgan fingerprint density at radius 2 is 1.84 bits per heavy atom. The van der Waals surface area contributed by atoms with Crippen LogP contribution in [0.25, 0.3) is 0 Å². The van der Waals surface area contributed by atoms with E-state index in [1.54, 1.807) is 19.9 Å². The summed E-state index contributed by atoms with van der Waals surface area (Å²) in [5.41, 5.74) is 7.42. The molecule has 1 unspecified atom stereocenters. The number of rotatable bonds is 13. The van der Waals surface area contributed by atoms with E-state index in [1.165, 1.54) is 22.4 Å². The van der Waals surface area contributed by atoms with Crippen LogP contribution in [-0.2, 0) is 39.1 Å². The van der Waals surface area contributed by atoms with Crippen LogP contribution in [0, 0.1) is 0 Å². The Labute approximate surface area is 218 Å². The monoisotopic (exact) mass is 529 g/mol. The van der Waals surface area contributed by atoms with Crippen molar-refractivity contribution in [1.29, 1.82) is 0 Å². The van der Waals surface area contributed by atoms with Crippen LogP contribution in [0.5, 0.6) is 0 Å². The summed E-state index contributed by atoms with van der Waals surface area (Å²) in [4.78, 5) is 14.0. The third-order valence-electron chi connectivity index (χ3n) is 5.70. The number of amides is 1. The molecule has 3 aromatic rings. The topological polar surface area (TPSA) is 145 Å². The smallest absolute Gasteiger partial charge is 0.240 e. The number of nitrogens with zero attached hydrogens (tertiary/aromatic N) is 5. The molecule has 1 aromatic heterocycles. The maximum Gasteiger partial charge on any atom is 0.240 e. The molecule has 0 bridgehead atoms. The Balaban J connectivity index is 1.65. The van der Waals surface area contributed by atoms with E-state index >= 15 is 0 Å². The minimum absolute atomic E-state index is 0.146. The van der Waals surface area contributed by atoms with Crippen molar-refractivity contribution in [2.45, 2.75) is 51.4 Å². The molecule has 0 aliphatic rings. The molecule has 3 N–H and O–H groups in total. The first-order valence-corrected chi connectivity index (χ1v) is 13.8. The van der Waals surface area contributed by atoms with Crippen molar-refractivity contribution in [3.8, 4) is 0 Å². The molecule has 0 spiro atoms. The average Bonchev–Trinajstić information content (AvgIpc) is 3.31. The molecule has 1 amide bonds. The SMILES string of the molecule is CN(c1ccccc1CCCn1nnc(C(COCc2ccccc2)NC(=O)C(C)(C)N)n1)S(C)(=O)=O. The van der Waals surface area contributed by atoms with Gasteiger partial charge in [0, 0.05) is 7.05 Å². The Kier molecular flexibility index (Phi) is 9.35. The van der Waals surface area contributed by atoms with Gasteiger partial charge in [0.25, 0.3) is 0 Å². The lowest BCUT2D eigenvalue weighted by molar-refractivity contribution is -0.126. The van der Waals surface area contributed by atoms with E-state index in [9.17, 15) is 13.2 Å². The fraction of sp³-hybridized carbons (Fsp3) is 0.440. The summed E-state index contributed by atoms with van der Waals surface area (Å²) >= 11 is 0. The number of tetrazole rings is 1. The number of benzene rings is 2. The predicted octanol–water partition coefficient (Wildman–Crippen LogP) is 1.81. The van der Waals surface area contributed by atoms with Gasteiger partial charge in [0.05, 0.1) is 37.2 Å². The highest BCUT2D eigenvalue weighted by atomic mass is 32.2. The Hall–Kier alpha value is -3.35. The molecule has 2 aromatic carbocycles. The largest absolute Gasteiger partial charge is 0.374 e. The molecule has 12 heteroatoms. The highest BCUT2D eigenvalue weighted by molar-refractivity contribution is 7.92. The van der Waals surface area contributed by atoms with E-state index in [0.717, 1.165) is 11.1 Å². The highest BCUT2D eigenvalue weighted by Crippen LogP contribution is 2.22. The summed E-state index contributed by atoms with van der Waals surface area (Å²) < 4.78 is 31.1. The van der Waals surface area contributed by atoms with Crippen molar-refractivity contribution in [2.75, 3.05) is 24.2 Å². The number of aromatic nitrogens is 4. The highest BCUT2D eigenvalue weighted by Gasteiger charge is 2.27. The number of carbonyl (C=O) groups is 1. The molecule has 0 aliphatic carbocycles. The number of aryl methyl sites for hydroxylation is 2. The normalized spacial score (nSPS) is 12.8. The maximum absolute atomic E-state index is 12.6. The average molecular weight is 530 g/mol. The van der Waals surface area contributed by atoms with E-state index < -0.39 is 21.6 Å². The molecule has 200 valence electrons. The summed E-state index contributed by atoms with van der Waals surface area (Å²) in [6, 6.07) is 16.4. The summed E-state index contributed by atoms with van der Waals surface area (Å²) in [6.45, 7) is 4.21. The number of nitrogens with one attached hydrogen (secondary N) is 1. The Bertz CT molecular complexity index is 1270. The van der Waals surface area contributed by atoms with Crippen LogP contribution in [0.15, 0.2) is 54.6 Å². The Morgan fingerprint density at radius 3 is 2.51 bits per heavy atom. The van der Waals surface area contributed by atoms with Gasteiger partial charge in [0.1, 0.15) is 6.04 Å². The van der Waals surface area contributed by atoms with Crippen molar-refractivity contribution in [2.24, 2.45) is 5.73 Å². The van der Waals surface area contributed by atoms with Gasteiger partial charge in [0.2, 0.25) is 15.9 Å². The van der Waals surface area contributed by atoms with Gasteiger partial charge in [-0.2, -0.15) is 4.80 Å². The van der Waals surface area contributed by atoms with Gasteiger partial charge in [-0.15, -0.1) is 10.2 Å². The predicted molar refractivity (Wildman–Crippen MR) is 141 cm³/mol. The second-order valence-corrected chi connectivity index (χ2v) is 11.5. The molecule has 0 saturated heterocycles. The third kappa shape index (κ3) is 8.34. The van der Waals surface area contributed by atoms with E-state index in [1.807, 2.05) is 48.5 Å². The molecule has 1 heterocycles. The van der Waals surface area contributed by atoms with Crippen molar-refractivity contribution in [3.63, 3.8) is 0 Å². The first kappa shape index (κ1) is 28.2. The molecule has 0 saturated carbocycles. The summed E-state index contributed by atoms with van der Waals surface area (Å²) in [5.74, 6) is -0.0355. The number of para-hydroxylation sites is 1. The number of carbonyl (C=O) groups excluding carboxylic acids is 1. The van der Waals surface area contributed by atoms with Crippen LogP contribution in [0.1, 0.15) is 43.3 Å². The number of sulfonamides is 1. The fourth-order valence-electron chi connectivity index (χ4n) is 3.50. The van der Waals surface area contributed by atoms with Crippen molar-refractivity contribution in [3.05, 3.63) is 71.5 Å². The molecular formula is C25H35N7O4S. The molecule has 0 aliphatic heterocycles. The van der Waals surface area contributed by atoms with E-state index in [4.69, 9.17) is 10.5 Å². The van der Waals surface area contributed by atoms with Gasteiger partial charge in [0.15, 0.2) is 5.82 Å². The molecule has 11 nitrogen and oxygen atoms in total. The molecule has 0 radical (unpaired) electrons. The van der Waals surface area contributed by atoms with Crippen molar-refractivity contribution >= 4 is 21.6 Å². The van der Waals surface area contributed by atoms with Gasteiger partial charge in [-0.05, 0) is 49.1 Å².